The van der Waals surface area contributed by atoms with Crippen LogP contribution in [0.4, 0.5) is 11.8 Å². The third kappa shape index (κ3) is 3.73. The van der Waals surface area contributed by atoms with Crippen LogP contribution < -0.4 is 16.4 Å². The smallest absolute Gasteiger partial charge is 0.318 e. The Bertz CT molecular complexity index is 1160. The fourth-order valence-electron chi connectivity index (χ4n) is 3.18. The van der Waals surface area contributed by atoms with E-state index >= 15 is 0 Å². The van der Waals surface area contributed by atoms with E-state index in [1.54, 1.807) is 38.1 Å². The van der Waals surface area contributed by atoms with Gasteiger partial charge in [0, 0.05) is 24.7 Å². The third-order valence-electron chi connectivity index (χ3n) is 5.01. The summed E-state index contributed by atoms with van der Waals surface area (Å²) in [6, 6.07) is 6.94. The van der Waals surface area contributed by atoms with Crippen LogP contribution in [-0.2, 0) is 9.84 Å². The van der Waals surface area contributed by atoms with Crippen molar-refractivity contribution in [1.29, 1.82) is 0 Å². The molecule has 1 aliphatic rings. The van der Waals surface area contributed by atoms with E-state index in [2.05, 4.69) is 20.2 Å². The lowest BCUT2D eigenvalue weighted by Gasteiger charge is -2.11. The summed E-state index contributed by atoms with van der Waals surface area (Å²) < 4.78 is 30.4. The Balaban J connectivity index is 1.64. The van der Waals surface area contributed by atoms with E-state index in [4.69, 9.17) is 15.9 Å². The van der Waals surface area contributed by atoms with Crippen LogP contribution in [0.3, 0.4) is 0 Å². The van der Waals surface area contributed by atoms with Crippen molar-refractivity contribution in [2.75, 3.05) is 23.7 Å². The maximum absolute atomic E-state index is 12.3. The number of aromatic nitrogens is 4. The molecule has 10 nitrogen and oxygen atoms in total. The molecular formula is C19H23N7O3S. The normalized spacial score (nSPS) is 17.1. The van der Waals surface area contributed by atoms with Gasteiger partial charge in [-0.15, -0.1) is 5.10 Å². The molecule has 0 saturated carbocycles. The van der Waals surface area contributed by atoms with E-state index in [0.717, 1.165) is 13.0 Å². The molecule has 4 N–H and O–H groups in total. The van der Waals surface area contributed by atoms with Gasteiger partial charge in [-0.2, -0.15) is 0 Å². The molecule has 1 aliphatic heterocycles. The summed E-state index contributed by atoms with van der Waals surface area (Å²) in [6.45, 7) is 4.69. The summed E-state index contributed by atoms with van der Waals surface area (Å²) in [4.78, 5) is 10.9. The molecule has 1 atom stereocenters. The van der Waals surface area contributed by atoms with Crippen molar-refractivity contribution >= 4 is 21.7 Å². The van der Waals surface area contributed by atoms with Crippen LogP contribution in [0.1, 0.15) is 20.3 Å². The standard InChI is InChI=1S/C19H23N7O3S/c1-11(2)30(27,28)14-5-3-12(4-6-14)15-9-22-17(21)16(23-15)18-24-25-19(29-18)26-8-7-13(20)10-26/h3-6,9,11,13H,7-8,10,20H2,1-2H3,(H2,21,22). The number of benzene rings is 1. The van der Waals surface area contributed by atoms with Crippen LogP contribution in [0.15, 0.2) is 39.8 Å². The van der Waals surface area contributed by atoms with Crippen LogP contribution in [0, 0.1) is 0 Å². The first kappa shape index (κ1) is 20.2. The maximum atomic E-state index is 12.3. The van der Waals surface area contributed by atoms with E-state index in [-0.39, 0.29) is 28.3 Å². The summed E-state index contributed by atoms with van der Waals surface area (Å²) >= 11 is 0. The Labute approximate surface area is 174 Å². The van der Waals surface area contributed by atoms with Gasteiger partial charge in [0.2, 0.25) is 0 Å². The molecule has 0 amide bonds. The molecule has 3 aromatic rings. The van der Waals surface area contributed by atoms with Gasteiger partial charge < -0.3 is 20.8 Å². The first-order chi connectivity index (χ1) is 14.3. The second-order valence-corrected chi connectivity index (χ2v) is 10.00. The Hall–Kier alpha value is -3.05. The molecule has 1 aromatic carbocycles. The van der Waals surface area contributed by atoms with Gasteiger partial charge in [-0.3, -0.25) is 0 Å². The second-order valence-electron chi connectivity index (χ2n) is 7.49. The van der Waals surface area contributed by atoms with Crippen LogP contribution in [-0.4, -0.2) is 53.0 Å². The van der Waals surface area contributed by atoms with Crippen molar-refractivity contribution in [3.63, 3.8) is 0 Å². The lowest BCUT2D eigenvalue weighted by Crippen LogP contribution is -2.26. The highest BCUT2D eigenvalue weighted by Crippen LogP contribution is 2.28. The zero-order valence-corrected chi connectivity index (χ0v) is 17.5. The summed E-state index contributed by atoms with van der Waals surface area (Å²) in [5.41, 5.74) is 13.4. The first-order valence-electron chi connectivity index (χ1n) is 9.57. The minimum atomic E-state index is -3.35. The quantitative estimate of drug-likeness (QED) is 0.609. The number of hydrogen-bond acceptors (Lipinski definition) is 10. The van der Waals surface area contributed by atoms with Crippen LogP contribution >= 0.6 is 0 Å². The summed E-state index contributed by atoms with van der Waals surface area (Å²) in [5, 5.41) is 7.63. The van der Waals surface area contributed by atoms with Crippen molar-refractivity contribution in [2.45, 2.75) is 36.5 Å². The Morgan fingerprint density at radius 3 is 2.57 bits per heavy atom. The summed E-state index contributed by atoms with van der Waals surface area (Å²) in [7, 11) is -3.35. The van der Waals surface area contributed by atoms with Crippen LogP contribution in [0.2, 0.25) is 0 Å². The minimum absolute atomic E-state index is 0.0796. The molecule has 158 valence electrons. The number of nitrogens with two attached hydrogens (primary N) is 2. The predicted molar refractivity (Wildman–Crippen MR) is 112 cm³/mol. The van der Waals surface area contributed by atoms with E-state index in [9.17, 15) is 8.42 Å². The molecule has 11 heteroatoms. The number of sulfone groups is 1. The molecule has 1 unspecified atom stereocenters. The molecule has 1 saturated heterocycles. The van der Waals surface area contributed by atoms with E-state index < -0.39 is 15.1 Å². The lowest BCUT2D eigenvalue weighted by molar-refractivity contribution is 0.554. The number of nitrogen functional groups attached to an aromatic ring is 1. The number of anilines is 2. The SMILES string of the molecule is CC(C)S(=O)(=O)c1ccc(-c2cnc(N)c(-c3nnc(N4CCC(N)C4)o3)n2)cc1. The van der Waals surface area contributed by atoms with Gasteiger partial charge >= 0.3 is 6.01 Å². The Morgan fingerprint density at radius 2 is 1.93 bits per heavy atom. The van der Waals surface area contributed by atoms with Gasteiger partial charge in [-0.1, -0.05) is 17.2 Å². The zero-order chi connectivity index (χ0) is 21.5. The molecule has 0 aliphatic carbocycles. The molecule has 30 heavy (non-hydrogen) atoms. The monoisotopic (exact) mass is 429 g/mol. The van der Waals surface area contributed by atoms with Gasteiger partial charge in [0.05, 0.1) is 22.0 Å². The van der Waals surface area contributed by atoms with Crippen molar-refractivity contribution in [3.8, 4) is 22.8 Å². The maximum Gasteiger partial charge on any atom is 0.318 e. The van der Waals surface area contributed by atoms with Gasteiger partial charge in [0.1, 0.15) is 0 Å². The Morgan fingerprint density at radius 1 is 1.20 bits per heavy atom. The minimum Gasteiger partial charge on any atom is -0.401 e. The van der Waals surface area contributed by atoms with Gasteiger partial charge in [0.25, 0.3) is 5.89 Å². The topological polar surface area (TPSA) is 154 Å². The summed E-state index contributed by atoms with van der Waals surface area (Å²) in [5.74, 6) is 0.322. The van der Waals surface area contributed by atoms with E-state index in [1.165, 1.54) is 6.20 Å². The van der Waals surface area contributed by atoms with Crippen molar-refractivity contribution in [3.05, 3.63) is 30.5 Å². The van der Waals surface area contributed by atoms with E-state index in [0.29, 0.717) is 23.8 Å². The molecule has 2 aromatic heterocycles. The third-order valence-corrected chi connectivity index (χ3v) is 7.18. The van der Waals surface area contributed by atoms with E-state index in [1.807, 2.05) is 4.90 Å². The fourth-order valence-corrected chi connectivity index (χ4v) is 4.24. The Kier molecular flexibility index (Phi) is 5.16. The highest BCUT2D eigenvalue weighted by molar-refractivity contribution is 7.92. The average molecular weight is 430 g/mol. The fraction of sp³-hybridized carbons (Fsp3) is 0.368. The molecule has 3 heterocycles. The van der Waals surface area contributed by atoms with Crippen LogP contribution in [0.5, 0.6) is 0 Å². The van der Waals surface area contributed by atoms with Crippen molar-refractivity contribution in [2.24, 2.45) is 5.73 Å². The number of nitrogens with zero attached hydrogens (tertiary/aromatic N) is 5. The van der Waals surface area contributed by atoms with Crippen LogP contribution in [0.25, 0.3) is 22.8 Å². The molecular weight excluding hydrogens is 406 g/mol. The molecule has 4 rings (SSSR count). The molecule has 0 spiro atoms. The molecule has 0 radical (unpaired) electrons. The molecule has 1 fully saturated rings. The van der Waals surface area contributed by atoms with Gasteiger partial charge in [-0.05, 0) is 32.4 Å². The average Bonchev–Trinajstić information content (AvgIpc) is 3.37. The highest BCUT2D eigenvalue weighted by atomic mass is 32.2. The van der Waals surface area contributed by atoms with Gasteiger partial charge in [0.15, 0.2) is 21.3 Å². The number of hydrogen-bond donors (Lipinski definition) is 2. The summed E-state index contributed by atoms with van der Waals surface area (Å²) in [6.07, 6.45) is 2.37. The highest BCUT2D eigenvalue weighted by Gasteiger charge is 2.25. The van der Waals surface area contributed by atoms with Gasteiger partial charge in [-0.25, -0.2) is 18.4 Å². The second kappa shape index (κ2) is 7.65. The van der Waals surface area contributed by atoms with Crippen molar-refractivity contribution < 1.29 is 12.8 Å². The van der Waals surface area contributed by atoms with Crippen molar-refractivity contribution in [1.82, 2.24) is 20.2 Å². The number of rotatable bonds is 5. The lowest BCUT2D eigenvalue weighted by atomic mass is 10.1. The first-order valence-corrected chi connectivity index (χ1v) is 11.1. The zero-order valence-electron chi connectivity index (χ0n) is 16.7. The predicted octanol–water partition coefficient (Wildman–Crippen LogP) is 1.50. The molecule has 0 bridgehead atoms. The largest absolute Gasteiger partial charge is 0.401 e.